The van der Waals surface area contributed by atoms with Crippen LogP contribution in [-0.2, 0) is 11.8 Å². The molecule has 9 heteroatoms. The summed E-state index contributed by atoms with van der Waals surface area (Å²) in [5, 5.41) is 11.3. The summed E-state index contributed by atoms with van der Waals surface area (Å²) in [6.07, 6.45) is 1.36. The summed E-state index contributed by atoms with van der Waals surface area (Å²) in [5.74, 6) is -0.895. The van der Waals surface area contributed by atoms with Crippen molar-refractivity contribution in [2.24, 2.45) is 7.05 Å². The highest BCUT2D eigenvalue weighted by Gasteiger charge is 2.25. The standard InChI is InChI=1S/C18H18ClN5O3/c1-4-27-18(26)13-10-20-24(12-8-6-5-7-9-12)16(13)21-17(25)15-14(19)11(2)22-23(15)3/h5-10H,4H2,1-3H3,(H,21,25). The van der Waals surface area contributed by atoms with Crippen LogP contribution in [0, 0.1) is 6.92 Å². The zero-order valence-corrected chi connectivity index (χ0v) is 15.8. The molecule has 3 aromatic rings. The lowest BCUT2D eigenvalue weighted by Gasteiger charge is -2.11. The Kier molecular flexibility index (Phi) is 5.27. The smallest absolute Gasteiger partial charge is 0.343 e. The number of esters is 1. The van der Waals surface area contributed by atoms with Gasteiger partial charge in [0.1, 0.15) is 11.3 Å². The zero-order valence-electron chi connectivity index (χ0n) is 15.1. The summed E-state index contributed by atoms with van der Waals surface area (Å²) in [6.45, 7) is 3.61. The Morgan fingerprint density at radius 1 is 1.26 bits per heavy atom. The molecule has 1 aromatic carbocycles. The second-order valence-corrected chi connectivity index (χ2v) is 6.08. The van der Waals surface area contributed by atoms with E-state index in [1.54, 1.807) is 33.0 Å². The lowest BCUT2D eigenvalue weighted by molar-refractivity contribution is 0.0527. The van der Waals surface area contributed by atoms with Gasteiger partial charge in [-0.15, -0.1) is 0 Å². The number of carbonyl (C=O) groups excluding carboxylic acids is 2. The first-order chi connectivity index (χ1) is 12.9. The van der Waals surface area contributed by atoms with Crippen molar-refractivity contribution in [2.45, 2.75) is 13.8 Å². The average molecular weight is 388 g/mol. The number of hydrogen-bond acceptors (Lipinski definition) is 5. The van der Waals surface area contributed by atoms with Crippen LogP contribution in [0.2, 0.25) is 5.02 Å². The van der Waals surface area contributed by atoms with Crippen LogP contribution in [0.4, 0.5) is 5.82 Å². The molecule has 0 fully saturated rings. The highest BCUT2D eigenvalue weighted by molar-refractivity contribution is 6.34. The highest BCUT2D eigenvalue weighted by Crippen LogP contribution is 2.24. The molecule has 8 nitrogen and oxygen atoms in total. The zero-order chi connectivity index (χ0) is 19.6. The number of nitrogens with zero attached hydrogens (tertiary/aromatic N) is 4. The van der Waals surface area contributed by atoms with Crippen LogP contribution in [0.5, 0.6) is 0 Å². The first-order valence-electron chi connectivity index (χ1n) is 8.25. The Morgan fingerprint density at radius 3 is 2.56 bits per heavy atom. The number of amides is 1. The molecular formula is C18H18ClN5O3. The molecular weight excluding hydrogens is 370 g/mol. The number of aryl methyl sites for hydroxylation is 2. The molecule has 140 valence electrons. The summed E-state index contributed by atoms with van der Waals surface area (Å²) in [5.41, 5.74) is 1.54. The largest absolute Gasteiger partial charge is 0.462 e. The quantitative estimate of drug-likeness (QED) is 0.679. The van der Waals surface area contributed by atoms with Crippen LogP contribution in [-0.4, -0.2) is 38.0 Å². The molecule has 0 aliphatic carbocycles. The molecule has 0 saturated heterocycles. The van der Waals surface area contributed by atoms with Crippen LogP contribution in [0.3, 0.4) is 0 Å². The van der Waals surface area contributed by atoms with Gasteiger partial charge < -0.3 is 10.1 Å². The van der Waals surface area contributed by atoms with Crippen molar-refractivity contribution < 1.29 is 14.3 Å². The van der Waals surface area contributed by atoms with Gasteiger partial charge in [-0.25, -0.2) is 9.48 Å². The minimum Gasteiger partial charge on any atom is -0.462 e. The summed E-state index contributed by atoms with van der Waals surface area (Å²) in [4.78, 5) is 25.1. The highest BCUT2D eigenvalue weighted by atomic mass is 35.5. The Labute approximate surface area is 160 Å². The van der Waals surface area contributed by atoms with Crippen molar-refractivity contribution in [3.05, 3.63) is 58.5 Å². The fourth-order valence-electron chi connectivity index (χ4n) is 2.64. The predicted molar refractivity (Wildman–Crippen MR) is 100 cm³/mol. The van der Waals surface area contributed by atoms with E-state index in [0.717, 1.165) is 0 Å². The number of halogens is 1. The number of hydrogen-bond donors (Lipinski definition) is 1. The average Bonchev–Trinajstić information content (AvgIpc) is 3.16. The lowest BCUT2D eigenvalue weighted by Crippen LogP contribution is -2.20. The number of ether oxygens (including phenoxy) is 1. The van der Waals surface area contributed by atoms with Crippen LogP contribution in [0.25, 0.3) is 5.69 Å². The monoisotopic (exact) mass is 387 g/mol. The van der Waals surface area contributed by atoms with E-state index in [0.29, 0.717) is 11.4 Å². The molecule has 0 bridgehead atoms. The molecule has 1 amide bonds. The van der Waals surface area contributed by atoms with Gasteiger partial charge in [0.2, 0.25) is 0 Å². The van der Waals surface area contributed by atoms with Crippen molar-refractivity contribution in [1.82, 2.24) is 19.6 Å². The van der Waals surface area contributed by atoms with Gasteiger partial charge in [0, 0.05) is 7.05 Å². The third-order valence-electron chi connectivity index (χ3n) is 3.86. The molecule has 2 heterocycles. The number of rotatable bonds is 5. The van der Waals surface area contributed by atoms with E-state index in [1.165, 1.54) is 15.6 Å². The number of aromatic nitrogens is 4. The van der Waals surface area contributed by atoms with Gasteiger partial charge in [-0.2, -0.15) is 10.2 Å². The fourth-order valence-corrected chi connectivity index (χ4v) is 2.88. The number of carbonyl (C=O) groups is 2. The maximum atomic E-state index is 12.8. The molecule has 1 N–H and O–H groups in total. The van der Waals surface area contributed by atoms with Crippen molar-refractivity contribution in [3.63, 3.8) is 0 Å². The molecule has 0 saturated carbocycles. The molecule has 0 unspecified atom stereocenters. The van der Waals surface area contributed by atoms with Crippen molar-refractivity contribution in [2.75, 3.05) is 11.9 Å². The summed E-state index contributed by atoms with van der Waals surface area (Å²) in [6, 6.07) is 9.12. The van der Waals surface area contributed by atoms with Gasteiger partial charge in [-0.1, -0.05) is 29.8 Å². The van der Waals surface area contributed by atoms with E-state index < -0.39 is 11.9 Å². The van der Waals surface area contributed by atoms with Gasteiger partial charge in [-0.3, -0.25) is 9.48 Å². The third-order valence-corrected chi connectivity index (χ3v) is 4.31. The van der Waals surface area contributed by atoms with E-state index in [9.17, 15) is 9.59 Å². The lowest BCUT2D eigenvalue weighted by atomic mass is 10.3. The summed E-state index contributed by atoms with van der Waals surface area (Å²) in [7, 11) is 1.62. The Morgan fingerprint density at radius 2 is 1.96 bits per heavy atom. The normalized spacial score (nSPS) is 10.7. The second kappa shape index (κ2) is 7.63. The molecule has 2 aromatic heterocycles. The van der Waals surface area contributed by atoms with E-state index in [4.69, 9.17) is 16.3 Å². The number of benzene rings is 1. The van der Waals surface area contributed by atoms with Crippen LogP contribution in [0.1, 0.15) is 33.5 Å². The molecule has 27 heavy (non-hydrogen) atoms. The van der Waals surface area contributed by atoms with Gasteiger partial charge >= 0.3 is 5.97 Å². The third kappa shape index (κ3) is 3.56. The summed E-state index contributed by atoms with van der Waals surface area (Å²) >= 11 is 6.20. The van der Waals surface area contributed by atoms with E-state index in [1.807, 2.05) is 18.2 Å². The molecule has 0 aliphatic heterocycles. The number of anilines is 1. The molecule has 0 atom stereocenters. The summed E-state index contributed by atoms with van der Waals surface area (Å²) < 4.78 is 7.92. The minimum absolute atomic E-state index is 0.143. The van der Waals surface area contributed by atoms with E-state index in [2.05, 4.69) is 15.5 Å². The minimum atomic E-state index is -0.581. The predicted octanol–water partition coefficient (Wildman–Crippen LogP) is 3.00. The first-order valence-corrected chi connectivity index (χ1v) is 8.62. The first kappa shape index (κ1) is 18.7. The maximum Gasteiger partial charge on any atom is 0.343 e. The Bertz CT molecular complexity index is 994. The Balaban J connectivity index is 2.05. The van der Waals surface area contributed by atoms with Crippen molar-refractivity contribution in [1.29, 1.82) is 0 Å². The molecule has 0 spiro atoms. The van der Waals surface area contributed by atoms with E-state index >= 15 is 0 Å². The van der Waals surface area contributed by atoms with Crippen LogP contribution < -0.4 is 5.32 Å². The Hall–Kier alpha value is -3.13. The second-order valence-electron chi connectivity index (χ2n) is 5.70. The molecule has 0 aliphatic rings. The van der Waals surface area contributed by atoms with Gasteiger partial charge in [0.15, 0.2) is 5.82 Å². The van der Waals surface area contributed by atoms with Crippen LogP contribution >= 0.6 is 11.6 Å². The van der Waals surface area contributed by atoms with Crippen molar-refractivity contribution >= 4 is 29.3 Å². The van der Waals surface area contributed by atoms with Gasteiger partial charge in [0.25, 0.3) is 5.91 Å². The van der Waals surface area contributed by atoms with Gasteiger partial charge in [0.05, 0.1) is 29.2 Å². The SMILES string of the molecule is CCOC(=O)c1cnn(-c2ccccc2)c1NC(=O)c1c(Cl)c(C)nn1C. The van der Waals surface area contributed by atoms with E-state index in [-0.39, 0.29) is 28.7 Å². The molecule has 3 rings (SSSR count). The number of para-hydroxylation sites is 1. The number of nitrogens with one attached hydrogen (secondary N) is 1. The topological polar surface area (TPSA) is 91.0 Å². The van der Waals surface area contributed by atoms with Crippen molar-refractivity contribution in [3.8, 4) is 5.69 Å². The molecule has 0 radical (unpaired) electrons. The fraction of sp³-hybridized carbons (Fsp3) is 0.222. The maximum absolute atomic E-state index is 12.8. The van der Waals surface area contributed by atoms with Crippen LogP contribution in [0.15, 0.2) is 36.5 Å². The van der Waals surface area contributed by atoms with Gasteiger partial charge in [-0.05, 0) is 26.0 Å².